The molecule has 6 N–H and O–H groups in total. The summed E-state index contributed by atoms with van der Waals surface area (Å²) < 4.78 is 4.70. The molecule has 0 saturated carbocycles. The summed E-state index contributed by atoms with van der Waals surface area (Å²) in [7, 11) is 1.53. The minimum atomic E-state index is -0.232. The molecule has 2 aromatic rings. The van der Waals surface area contributed by atoms with Gasteiger partial charge in [-0.05, 0) is 46.4 Å². The van der Waals surface area contributed by atoms with E-state index in [2.05, 4.69) is 25.9 Å². The Balaban J connectivity index is 1.85. The molecule has 1 aromatic heterocycles. The second kappa shape index (κ2) is 7.18. The number of nitrogens with one attached hydrogen (secondary N) is 3. The maximum absolute atomic E-state index is 11.3. The van der Waals surface area contributed by atoms with Gasteiger partial charge in [-0.15, -0.1) is 0 Å². The first kappa shape index (κ1) is 16.7. The van der Waals surface area contributed by atoms with Crippen LogP contribution >= 0.6 is 0 Å². The third-order valence-electron chi connectivity index (χ3n) is 4.01. The highest BCUT2D eigenvalue weighted by molar-refractivity contribution is 6.00. The number of anilines is 2. The second-order valence-corrected chi connectivity index (χ2v) is 5.59. The van der Waals surface area contributed by atoms with E-state index in [9.17, 15) is 10.0 Å². The Morgan fingerprint density at radius 3 is 3.08 bits per heavy atom. The number of fused-ring (bicyclic) bond motifs is 1. The van der Waals surface area contributed by atoms with Crippen molar-refractivity contribution in [3.63, 3.8) is 0 Å². The number of nitrogens with two attached hydrogens (primary N) is 1. The molecule has 1 heterocycles. The smallest absolute Gasteiger partial charge is 0.239 e. The maximum atomic E-state index is 11.3. The number of likely N-dealkylation sites (N-methyl/N-ethyl adjacent to an activating group) is 1. The molecule has 1 atom stereocenters. The molecule has 0 aliphatic heterocycles. The van der Waals surface area contributed by atoms with E-state index in [4.69, 9.17) is 10.4 Å². The van der Waals surface area contributed by atoms with E-state index >= 15 is 0 Å². The van der Waals surface area contributed by atoms with Crippen LogP contribution in [0.3, 0.4) is 0 Å². The van der Waals surface area contributed by atoms with Crippen LogP contribution in [0.25, 0.3) is 0 Å². The summed E-state index contributed by atoms with van der Waals surface area (Å²) in [6.45, 7) is -0.0147. The molecule has 1 amide bonds. The number of hydrogen-bond donors (Lipinski definition) is 5. The van der Waals surface area contributed by atoms with Crippen molar-refractivity contribution in [1.82, 2.24) is 21.1 Å². The highest BCUT2D eigenvalue weighted by atomic mass is 16.6. The van der Waals surface area contributed by atoms with Crippen LogP contribution in [0.15, 0.2) is 27.8 Å². The number of aromatic nitrogens is 2. The monoisotopic (exact) mass is 345 g/mol. The molecule has 0 bridgehead atoms. The van der Waals surface area contributed by atoms with Gasteiger partial charge < -0.3 is 16.4 Å². The first-order valence-electron chi connectivity index (χ1n) is 7.76. The molecule has 10 heteroatoms. The van der Waals surface area contributed by atoms with Crippen LogP contribution in [0.4, 0.5) is 11.5 Å². The summed E-state index contributed by atoms with van der Waals surface area (Å²) in [6, 6.07) is 5.56. The summed E-state index contributed by atoms with van der Waals surface area (Å²) in [5.41, 5.74) is 10.9. The maximum Gasteiger partial charge on any atom is 0.239 e. The van der Waals surface area contributed by atoms with Gasteiger partial charge >= 0.3 is 0 Å². The molecule has 1 aromatic carbocycles. The Bertz CT molecular complexity index is 802. The van der Waals surface area contributed by atoms with Crippen LogP contribution in [0, 0.1) is 0 Å². The third kappa shape index (κ3) is 3.53. The Morgan fingerprint density at radius 2 is 2.32 bits per heavy atom. The minimum Gasteiger partial charge on any atom is -0.399 e. The Labute approximate surface area is 143 Å². The van der Waals surface area contributed by atoms with Gasteiger partial charge in [-0.25, -0.2) is 4.63 Å². The molecule has 0 fully saturated rings. The quantitative estimate of drug-likeness (QED) is 0.223. The number of aryl methyl sites for hydroxylation is 1. The van der Waals surface area contributed by atoms with Crippen molar-refractivity contribution < 1.29 is 14.6 Å². The summed E-state index contributed by atoms with van der Waals surface area (Å²) in [6.07, 6.45) is 1.66. The molecule has 10 nitrogen and oxygen atoms in total. The lowest BCUT2D eigenvalue weighted by molar-refractivity contribution is -0.118. The molecular weight excluding hydrogens is 326 g/mol. The van der Waals surface area contributed by atoms with Gasteiger partial charge in [0.15, 0.2) is 11.5 Å². The molecule has 0 spiro atoms. The number of amides is 1. The number of carbonyl (C=O) groups excluding carboxylic acids is 1. The number of hydroxylamine groups is 1. The van der Waals surface area contributed by atoms with Crippen molar-refractivity contribution in [2.24, 2.45) is 4.99 Å². The van der Waals surface area contributed by atoms with Gasteiger partial charge in [0.05, 0.1) is 12.6 Å². The van der Waals surface area contributed by atoms with Gasteiger partial charge in [0.1, 0.15) is 0 Å². The number of aliphatic imine (C=N–C) groups is 1. The van der Waals surface area contributed by atoms with Crippen LogP contribution in [-0.2, 0) is 11.2 Å². The number of rotatable bonds is 5. The normalized spacial score (nSPS) is 16.4. The average molecular weight is 345 g/mol. The molecule has 1 unspecified atom stereocenters. The summed E-state index contributed by atoms with van der Waals surface area (Å²) >= 11 is 0. The Morgan fingerprint density at radius 1 is 1.48 bits per heavy atom. The van der Waals surface area contributed by atoms with Crippen molar-refractivity contribution >= 4 is 23.2 Å². The predicted molar refractivity (Wildman–Crippen MR) is 90.2 cm³/mol. The zero-order valence-electron chi connectivity index (χ0n) is 13.6. The van der Waals surface area contributed by atoms with Gasteiger partial charge in [-0.2, -0.15) is 0 Å². The second-order valence-electron chi connectivity index (χ2n) is 5.59. The standard InChI is InChI=1S/C15H19N7O3/c1-17-12(23)7-18-14-13(21-25-22-14)15(20-24)19-11-5-3-8-2-4-9(16)6-10(8)11/h2,4,6,11,24H,3,5,7,16H2,1H3,(H,17,23)(H,18,22)(H,19,20). The summed E-state index contributed by atoms with van der Waals surface area (Å²) in [5.74, 6) is 0.0696. The van der Waals surface area contributed by atoms with Gasteiger partial charge in [0.2, 0.25) is 11.7 Å². The molecule has 3 rings (SSSR count). The molecule has 0 saturated heterocycles. The number of nitrogens with zero attached hydrogens (tertiary/aromatic N) is 3. The van der Waals surface area contributed by atoms with Gasteiger partial charge in [-0.3, -0.25) is 20.5 Å². The van der Waals surface area contributed by atoms with Crippen LogP contribution < -0.4 is 21.8 Å². The van der Waals surface area contributed by atoms with Crippen LogP contribution in [-0.4, -0.2) is 40.9 Å². The molecular formula is C15H19N7O3. The lowest BCUT2D eigenvalue weighted by Crippen LogP contribution is -2.28. The lowest BCUT2D eigenvalue weighted by Gasteiger charge is -2.10. The fraction of sp³-hybridized carbons (Fsp3) is 0.333. The van der Waals surface area contributed by atoms with Crippen molar-refractivity contribution in [2.75, 3.05) is 24.6 Å². The van der Waals surface area contributed by atoms with E-state index in [0.29, 0.717) is 5.69 Å². The van der Waals surface area contributed by atoms with Crippen LogP contribution in [0.2, 0.25) is 0 Å². The Hall–Kier alpha value is -3.14. The van der Waals surface area contributed by atoms with Gasteiger partial charge in [-0.1, -0.05) is 6.07 Å². The van der Waals surface area contributed by atoms with Crippen LogP contribution in [0.1, 0.15) is 29.3 Å². The van der Waals surface area contributed by atoms with Crippen molar-refractivity contribution in [3.8, 4) is 0 Å². The van der Waals surface area contributed by atoms with E-state index in [1.807, 2.05) is 23.7 Å². The van der Waals surface area contributed by atoms with Crippen molar-refractivity contribution in [2.45, 2.75) is 18.9 Å². The van der Waals surface area contributed by atoms with E-state index in [0.717, 1.165) is 18.4 Å². The van der Waals surface area contributed by atoms with Crippen molar-refractivity contribution in [3.05, 3.63) is 35.0 Å². The molecule has 132 valence electrons. The van der Waals surface area contributed by atoms with E-state index < -0.39 is 0 Å². The molecule has 25 heavy (non-hydrogen) atoms. The first-order chi connectivity index (χ1) is 12.1. The highest BCUT2D eigenvalue weighted by Gasteiger charge is 2.25. The summed E-state index contributed by atoms with van der Waals surface area (Å²) in [5, 5.41) is 22.2. The molecule has 0 radical (unpaired) electrons. The number of nitrogen functional groups attached to an aromatic ring is 1. The molecule has 1 aliphatic carbocycles. The first-order valence-corrected chi connectivity index (χ1v) is 7.76. The zero-order valence-corrected chi connectivity index (χ0v) is 13.6. The molecule has 1 aliphatic rings. The van der Waals surface area contributed by atoms with Crippen LogP contribution in [0.5, 0.6) is 0 Å². The highest BCUT2D eigenvalue weighted by Crippen LogP contribution is 2.35. The average Bonchev–Trinajstić information content (AvgIpc) is 3.24. The topological polar surface area (TPSA) is 151 Å². The van der Waals surface area contributed by atoms with E-state index in [1.165, 1.54) is 12.6 Å². The fourth-order valence-electron chi connectivity index (χ4n) is 2.74. The number of carbonyl (C=O) groups is 1. The Kier molecular flexibility index (Phi) is 4.80. The predicted octanol–water partition coefficient (Wildman–Crippen LogP) is 0.223. The number of amidine groups is 1. The zero-order chi connectivity index (χ0) is 17.8. The largest absolute Gasteiger partial charge is 0.399 e. The lowest BCUT2D eigenvalue weighted by atomic mass is 10.1. The van der Waals surface area contributed by atoms with E-state index in [1.54, 1.807) is 0 Å². The fourth-order valence-corrected chi connectivity index (χ4v) is 2.74. The van der Waals surface area contributed by atoms with Gasteiger partial charge in [0.25, 0.3) is 0 Å². The number of benzene rings is 1. The SMILES string of the molecule is CNC(=O)CNc1nonc1C(=NC1CCc2ccc(N)cc21)NO. The van der Waals surface area contributed by atoms with Gasteiger partial charge in [0, 0.05) is 12.7 Å². The van der Waals surface area contributed by atoms with Crippen molar-refractivity contribution in [1.29, 1.82) is 0 Å². The summed E-state index contributed by atoms with van der Waals surface area (Å²) in [4.78, 5) is 15.9. The third-order valence-corrected chi connectivity index (χ3v) is 4.01. The minimum absolute atomic E-state index is 0.0147. The van der Waals surface area contributed by atoms with E-state index in [-0.39, 0.29) is 35.8 Å². The number of hydrogen-bond acceptors (Lipinski definition) is 8.